The highest BCUT2D eigenvalue weighted by molar-refractivity contribution is 5.78. The van der Waals surface area contributed by atoms with Crippen molar-refractivity contribution in [3.63, 3.8) is 0 Å². The maximum absolute atomic E-state index is 14.4. The van der Waals surface area contributed by atoms with E-state index < -0.39 is 11.4 Å². The maximum Gasteiger partial charge on any atom is 0.321 e. The van der Waals surface area contributed by atoms with Crippen LogP contribution in [0.1, 0.15) is 52.8 Å². The number of likely N-dealkylation sites (N-methyl/N-ethyl adjacent to an activating group) is 1. The summed E-state index contributed by atoms with van der Waals surface area (Å²) >= 11 is 0. The first-order valence-electron chi connectivity index (χ1n) is 11.4. The first-order valence-corrected chi connectivity index (χ1v) is 11.4. The van der Waals surface area contributed by atoms with E-state index in [1.807, 2.05) is 30.6 Å². The van der Waals surface area contributed by atoms with Crippen molar-refractivity contribution in [2.24, 2.45) is 0 Å². The Morgan fingerprint density at radius 2 is 2.03 bits per heavy atom. The Kier molecular flexibility index (Phi) is 5.71. The number of nitrogens with one attached hydrogen (secondary N) is 3. The van der Waals surface area contributed by atoms with Crippen molar-refractivity contribution in [2.75, 3.05) is 37.3 Å². The molecule has 0 aliphatic carbocycles. The Morgan fingerprint density at radius 1 is 1.30 bits per heavy atom. The molecule has 33 heavy (non-hydrogen) atoms. The molecule has 1 atom stereocenters. The highest BCUT2D eigenvalue weighted by Gasteiger charge is 2.47. The number of rotatable bonds is 4. The van der Waals surface area contributed by atoms with Crippen LogP contribution < -0.4 is 10.6 Å². The molecule has 2 aliphatic heterocycles. The van der Waals surface area contributed by atoms with Gasteiger partial charge < -0.3 is 20.4 Å². The van der Waals surface area contributed by atoms with Gasteiger partial charge in [-0.15, -0.1) is 0 Å². The molecule has 0 saturated carbocycles. The van der Waals surface area contributed by atoms with Crippen molar-refractivity contribution in [1.82, 2.24) is 34.9 Å². The van der Waals surface area contributed by atoms with E-state index in [0.29, 0.717) is 31.4 Å². The number of amides is 2. The van der Waals surface area contributed by atoms with Crippen LogP contribution in [0.25, 0.3) is 0 Å². The third-order valence-electron chi connectivity index (χ3n) is 6.92. The second-order valence-corrected chi connectivity index (χ2v) is 10.1. The fourth-order valence-electron chi connectivity index (χ4n) is 4.58. The molecule has 1 saturated heterocycles. The zero-order valence-electron chi connectivity index (χ0n) is 20.5. The number of aromatic nitrogens is 4. The Hall–Kier alpha value is -2.95. The molecule has 2 aromatic heterocycles. The number of halogens is 1. The average molecular weight is 460 g/mol. The van der Waals surface area contributed by atoms with E-state index in [-0.39, 0.29) is 23.4 Å². The monoisotopic (exact) mass is 459 g/mol. The molecule has 0 spiro atoms. The lowest BCUT2D eigenvalue weighted by Gasteiger charge is -2.50. The summed E-state index contributed by atoms with van der Waals surface area (Å²) in [6, 6.07) is 0.0902. The van der Waals surface area contributed by atoms with Crippen molar-refractivity contribution in [1.29, 1.82) is 0 Å². The molecule has 0 bridgehead atoms. The molecule has 0 aromatic carbocycles. The van der Waals surface area contributed by atoms with Gasteiger partial charge in [-0.3, -0.25) is 10.00 Å². The number of carbonyl (C=O) groups excluding carboxylic acids is 1. The van der Waals surface area contributed by atoms with Crippen LogP contribution in [0.15, 0.2) is 6.20 Å². The van der Waals surface area contributed by atoms with Crippen molar-refractivity contribution in [3.8, 4) is 0 Å². The summed E-state index contributed by atoms with van der Waals surface area (Å²) in [5.74, 6) is 0.247. The van der Waals surface area contributed by atoms with Crippen molar-refractivity contribution < 1.29 is 9.18 Å². The van der Waals surface area contributed by atoms with Crippen LogP contribution in [-0.4, -0.2) is 79.2 Å². The summed E-state index contributed by atoms with van der Waals surface area (Å²) in [5.41, 5.74) is 0.966. The minimum Gasteiger partial charge on any atom is -0.354 e. The third kappa shape index (κ3) is 3.98. The Labute approximate surface area is 193 Å². The van der Waals surface area contributed by atoms with Crippen LogP contribution in [0.5, 0.6) is 0 Å². The fraction of sp³-hybridized carbons (Fsp3) is 0.636. The molecule has 0 unspecified atom stereocenters. The van der Waals surface area contributed by atoms with Gasteiger partial charge in [0.05, 0.1) is 24.0 Å². The molecule has 1 fully saturated rings. The lowest BCUT2D eigenvalue weighted by molar-refractivity contribution is 0.00695. The first kappa shape index (κ1) is 23.2. The van der Waals surface area contributed by atoms with Gasteiger partial charge in [-0.25, -0.2) is 14.2 Å². The van der Waals surface area contributed by atoms with Gasteiger partial charge in [0, 0.05) is 36.8 Å². The summed E-state index contributed by atoms with van der Waals surface area (Å²) in [4.78, 5) is 28.0. The van der Waals surface area contributed by atoms with Crippen LogP contribution in [0.2, 0.25) is 0 Å². The van der Waals surface area contributed by atoms with Gasteiger partial charge in [-0.2, -0.15) is 10.1 Å². The van der Waals surface area contributed by atoms with Crippen LogP contribution in [0.4, 0.5) is 26.8 Å². The van der Waals surface area contributed by atoms with Gasteiger partial charge in [0.2, 0.25) is 5.95 Å². The standard InChI is InChI=1S/C22H34FN9O/c1-8-24-19-25-9-15(23)18(27-19)26-17-14-11-32(22(5,6)16(14)28-29-17)20(33)31-12-21(3,4)30(7)10-13(31)2/h9,13H,8,10-12H2,1-7H3,(H3,24,25,26,27,28,29)/t13-/m0/s1. The summed E-state index contributed by atoms with van der Waals surface area (Å²) < 4.78 is 14.4. The number of aromatic amines is 1. The highest BCUT2D eigenvalue weighted by Crippen LogP contribution is 2.42. The van der Waals surface area contributed by atoms with E-state index >= 15 is 0 Å². The predicted molar refractivity (Wildman–Crippen MR) is 125 cm³/mol. The molecule has 11 heteroatoms. The van der Waals surface area contributed by atoms with Gasteiger partial charge in [-0.1, -0.05) is 0 Å². The minimum atomic E-state index is -0.592. The lowest BCUT2D eigenvalue weighted by atomic mass is 9.96. The molecular formula is C22H34FN9O. The predicted octanol–water partition coefficient (Wildman–Crippen LogP) is 3.10. The largest absolute Gasteiger partial charge is 0.354 e. The summed E-state index contributed by atoms with van der Waals surface area (Å²) in [5, 5.41) is 13.4. The van der Waals surface area contributed by atoms with Crippen LogP contribution in [0.3, 0.4) is 0 Å². The quantitative estimate of drug-likeness (QED) is 0.645. The summed E-state index contributed by atoms with van der Waals surface area (Å²) in [6.45, 7) is 14.7. The normalized spacial score (nSPS) is 21.8. The second-order valence-electron chi connectivity index (χ2n) is 10.1. The molecule has 4 heterocycles. The van der Waals surface area contributed by atoms with E-state index in [0.717, 1.165) is 24.0 Å². The Morgan fingerprint density at radius 3 is 2.73 bits per heavy atom. The van der Waals surface area contributed by atoms with E-state index in [1.54, 1.807) is 0 Å². The molecule has 180 valence electrons. The molecule has 2 aromatic rings. The molecule has 4 rings (SSSR count). The van der Waals surface area contributed by atoms with Crippen LogP contribution in [-0.2, 0) is 12.1 Å². The van der Waals surface area contributed by atoms with Gasteiger partial charge in [0.25, 0.3) is 0 Å². The first-order chi connectivity index (χ1) is 15.5. The van der Waals surface area contributed by atoms with Crippen molar-refractivity contribution >= 4 is 23.6 Å². The zero-order chi connectivity index (χ0) is 24.1. The molecule has 10 nitrogen and oxygen atoms in total. The number of H-pyrrole nitrogens is 1. The maximum atomic E-state index is 14.4. The number of piperazine rings is 1. The number of hydrogen-bond donors (Lipinski definition) is 3. The second kappa shape index (κ2) is 8.12. The van der Waals surface area contributed by atoms with Gasteiger partial charge in [0.15, 0.2) is 17.5 Å². The number of urea groups is 1. The molecule has 0 radical (unpaired) electrons. The lowest BCUT2D eigenvalue weighted by Crippen LogP contribution is -2.65. The Bertz CT molecular complexity index is 1050. The topological polar surface area (TPSA) is 105 Å². The molecule has 2 aliphatic rings. The van der Waals surface area contributed by atoms with E-state index in [4.69, 9.17) is 0 Å². The number of hydrogen-bond acceptors (Lipinski definition) is 7. The number of carbonyl (C=O) groups is 1. The SMILES string of the molecule is CCNc1ncc(F)c(Nc2n[nH]c3c2CN(C(=O)N2CC(C)(C)N(C)C[C@@H]2C)C3(C)C)n1. The van der Waals surface area contributed by atoms with Gasteiger partial charge >= 0.3 is 6.03 Å². The highest BCUT2D eigenvalue weighted by atomic mass is 19.1. The molecular weight excluding hydrogens is 425 g/mol. The van der Waals surface area contributed by atoms with Crippen molar-refractivity contribution in [2.45, 2.75) is 65.2 Å². The number of nitrogens with zero attached hydrogens (tertiary/aromatic N) is 6. The fourth-order valence-corrected chi connectivity index (χ4v) is 4.58. The van der Waals surface area contributed by atoms with E-state index in [9.17, 15) is 9.18 Å². The Balaban J connectivity index is 1.59. The summed E-state index contributed by atoms with van der Waals surface area (Å²) in [6.07, 6.45) is 1.12. The van der Waals surface area contributed by atoms with Gasteiger partial charge in [0.1, 0.15) is 0 Å². The minimum absolute atomic E-state index is 0.00752. The van der Waals surface area contributed by atoms with E-state index in [1.165, 1.54) is 0 Å². The smallest absolute Gasteiger partial charge is 0.321 e. The number of fused-ring (bicyclic) bond motifs is 1. The molecule has 2 amide bonds. The number of anilines is 3. The average Bonchev–Trinajstić information content (AvgIpc) is 3.25. The van der Waals surface area contributed by atoms with Crippen molar-refractivity contribution in [3.05, 3.63) is 23.3 Å². The van der Waals surface area contributed by atoms with E-state index in [2.05, 4.69) is 63.5 Å². The van der Waals surface area contributed by atoms with Crippen LogP contribution in [0, 0.1) is 5.82 Å². The molecule has 3 N–H and O–H groups in total. The van der Waals surface area contributed by atoms with Crippen LogP contribution >= 0.6 is 0 Å². The zero-order valence-corrected chi connectivity index (χ0v) is 20.5. The third-order valence-corrected chi connectivity index (χ3v) is 6.92. The van der Waals surface area contributed by atoms with Gasteiger partial charge in [-0.05, 0) is 48.6 Å². The summed E-state index contributed by atoms with van der Waals surface area (Å²) in [7, 11) is 2.10.